The van der Waals surface area contributed by atoms with Crippen LogP contribution in [0, 0.1) is 0 Å². The molecule has 0 radical (unpaired) electrons. The SMILES string of the molecule is S=C(Nc1cnn(COc2cccc(Cl)c2)c1)Nc1ccn(Cc2ccc(Cl)cc2)n1. The average Bonchev–Trinajstić information content (AvgIpc) is 3.37. The summed E-state index contributed by atoms with van der Waals surface area (Å²) in [4.78, 5) is 0. The minimum atomic E-state index is 0.247. The minimum Gasteiger partial charge on any atom is -0.471 e. The average molecular weight is 473 g/mol. The molecule has 0 aliphatic rings. The third-order valence-corrected chi connectivity index (χ3v) is 4.88. The number of hydrogen-bond acceptors (Lipinski definition) is 4. The summed E-state index contributed by atoms with van der Waals surface area (Å²) in [6, 6.07) is 16.7. The number of hydrogen-bond donors (Lipinski definition) is 2. The van der Waals surface area contributed by atoms with Crippen molar-refractivity contribution in [2.24, 2.45) is 0 Å². The molecule has 4 aromatic rings. The molecule has 2 heterocycles. The standard InChI is InChI=1S/C21H18Cl2N6OS/c22-16-6-4-15(5-7-16)12-28-9-8-20(27-28)26-21(31)25-18-11-24-29(13-18)14-30-19-3-1-2-17(23)10-19/h1-11,13H,12,14H2,(H2,25,26,27,31). The van der Waals surface area contributed by atoms with Crippen molar-refractivity contribution in [2.45, 2.75) is 13.3 Å². The van der Waals surface area contributed by atoms with Gasteiger partial charge in [0.2, 0.25) is 0 Å². The number of halogens is 2. The fourth-order valence-electron chi connectivity index (χ4n) is 2.77. The van der Waals surface area contributed by atoms with E-state index in [0.29, 0.717) is 33.3 Å². The zero-order chi connectivity index (χ0) is 21.6. The van der Waals surface area contributed by atoms with Crippen LogP contribution in [0.15, 0.2) is 73.2 Å². The molecule has 31 heavy (non-hydrogen) atoms. The molecule has 0 amide bonds. The molecule has 0 bridgehead atoms. The third-order valence-electron chi connectivity index (χ3n) is 4.19. The first kappa shape index (κ1) is 21.2. The van der Waals surface area contributed by atoms with Crippen LogP contribution in [0.3, 0.4) is 0 Å². The highest BCUT2D eigenvalue weighted by Gasteiger charge is 2.05. The van der Waals surface area contributed by atoms with Gasteiger partial charge in [0.25, 0.3) is 0 Å². The van der Waals surface area contributed by atoms with Gasteiger partial charge in [-0.15, -0.1) is 0 Å². The number of benzene rings is 2. The summed E-state index contributed by atoms with van der Waals surface area (Å²) in [6.45, 7) is 0.885. The second-order valence-electron chi connectivity index (χ2n) is 6.60. The molecule has 0 atom stereocenters. The van der Waals surface area contributed by atoms with E-state index in [2.05, 4.69) is 20.8 Å². The summed E-state index contributed by atoms with van der Waals surface area (Å²) in [5, 5.41) is 16.6. The van der Waals surface area contributed by atoms with Gasteiger partial charge in [0.1, 0.15) is 5.75 Å². The Hall–Kier alpha value is -3.07. The van der Waals surface area contributed by atoms with Crippen LogP contribution < -0.4 is 15.4 Å². The van der Waals surface area contributed by atoms with E-state index in [9.17, 15) is 0 Å². The molecule has 0 fully saturated rings. The zero-order valence-electron chi connectivity index (χ0n) is 16.2. The predicted octanol–water partition coefficient (Wildman–Crippen LogP) is 5.28. The first-order valence-corrected chi connectivity index (χ1v) is 10.5. The van der Waals surface area contributed by atoms with Crippen molar-refractivity contribution in [1.82, 2.24) is 19.6 Å². The highest BCUT2D eigenvalue weighted by Crippen LogP contribution is 2.18. The molecule has 0 unspecified atom stereocenters. The van der Waals surface area contributed by atoms with E-state index in [0.717, 1.165) is 11.3 Å². The lowest BCUT2D eigenvalue weighted by Crippen LogP contribution is -2.19. The van der Waals surface area contributed by atoms with Crippen molar-refractivity contribution in [3.05, 3.63) is 88.8 Å². The van der Waals surface area contributed by atoms with Gasteiger partial charge in [-0.05, 0) is 48.1 Å². The number of rotatable bonds is 7. The Bertz CT molecular complexity index is 1170. The summed E-state index contributed by atoms with van der Waals surface area (Å²) in [7, 11) is 0. The number of thiocarbonyl (C=S) groups is 1. The Morgan fingerprint density at radius 1 is 1.00 bits per heavy atom. The maximum absolute atomic E-state index is 5.96. The molecular weight excluding hydrogens is 455 g/mol. The van der Waals surface area contributed by atoms with Gasteiger partial charge in [0, 0.05) is 22.3 Å². The number of ether oxygens (including phenoxy) is 1. The lowest BCUT2D eigenvalue weighted by molar-refractivity contribution is 0.221. The topological polar surface area (TPSA) is 68.9 Å². The highest BCUT2D eigenvalue weighted by atomic mass is 35.5. The van der Waals surface area contributed by atoms with Crippen molar-refractivity contribution in [3.63, 3.8) is 0 Å². The first-order valence-electron chi connectivity index (χ1n) is 9.30. The van der Waals surface area contributed by atoms with Crippen molar-refractivity contribution in [3.8, 4) is 5.75 Å². The third kappa shape index (κ3) is 6.21. The van der Waals surface area contributed by atoms with E-state index in [-0.39, 0.29) is 6.73 Å². The number of nitrogens with zero attached hydrogens (tertiary/aromatic N) is 4. The van der Waals surface area contributed by atoms with Gasteiger partial charge in [0.05, 0.1) is 24.6 Å². The van der Waals surface area contributed by atoms with Gasteiger partial charge in [-0.1, -0.05) is 41.4 Å². The van der Waals surface area contributed by atoms with Crippen LogP contribution in [-0.4, -0.2) is 24.7 Å². The van der Waals surface area contributed by atoms with E-state index in [1.807, 2.05) is 53.3 Å². The van der Waals surface area contributed by atoms with Crippen molar-refractivity contribution in [2.75, 3.05) is 10.6 Å². The van der Waals surface area contributed by atoms with Crippen LogP contribution in [0.25, 0.3) is 0 Å². The molecule has 2 aromatic carbocycles. The fraction of sp³-hybridized carbons (Fsp3) is 0.0952. The second kappa shape index (κ2) is 9.82. The fourth-order valence-corrected chi connectivity index (χ4v) is 3.30. The van der Waals surface area contributed by atoms with Gasteiger partial charge in [-0.3, -0.25) is 4.68 Å². The van der Waals surface area contributed by atoms with Crippen LogP contribution in [-0.2, 0) is 13.3 Å². The van der Waals surface area contributed by atoms with Gasteiger partial charge in [0.15, 0.2) is 17.7 Å². The Kier molecular flexibility index (Phi) is 6.71. The van der Waals surface area contributed by atoms with Crippen LogP contribution >= 0.6 is 35.4 Å². The molecule has 2 N–H and O–H groups in total. The number of nitrogens with one attached hydrogen (secondary N) is 2. The summed E-state index contributed by atoms with van der Waals surface area (Å²) < 4.78 is 9.13. The maximum atomic E-state index is 5.96. The van der Waals surface area contributed by atoms with Crippen LogP contribution in [0.5, 0.6) is 5.75 Å². The molecule has 0 spiro atoms. The summed E-state index contributed by atoms with van der Waals surface area (Å²) in [5.41, 5.74) is 1.83. The first-order chi connectivity index (χ1) is 15.0. The molecule has 0 aliphatic heterocycles. The lowest BCUT2D eigenvalue weighted by atomic mass is 10.2. The summed E-state index contributed by atoms with van der Waals surface area (Å²) in [6.07, 6.45) is 5.33. The minimum absolute atomic E-state index is 0.247. The monoisotopic (exact) mass is 472 g/mol. The molecule has 0 saturated carbocycles. The molecule has 7 nitrogen and oxygen atoms in total. The second-order valence-corrected chi connectivity index (χ2v) is 7.88. The predicted molar refractivity (Wildman–Crippen MR) is 127 cm³/mol. The van der Waals surface area contributed by atoms with Gasteiger partial charge >= 0.3 is 0 Å². The molecule has 2 aromatic heterocycles. The Morgan fingerprint density at radius 2 is 1.84 bits per heavy atom. The van der Waals surface area contributed by atoms with Crippen LogP contribution in [0.4, 0.5) is 11.5 Å². The van der Waals surface area contributed by atoms with Gasteiger partial charge < -0.3 is 15.4 Å². The lowest BCUT2D eigenvalue weighted by Gasteiger charge is -2.07. The number of aromatic nitrogens is 4. The van der Waals surface area contributed by atoms with Crippen molar-refractivity contribution in [1.29, 1.82) is 0 Å². The van der Waals surface area contributed by atoms with Crippen molar-refractivity contribution >= 4 is 52.0 Å². The largest absolute Gasteiger partial charge is 0.471 e. The maximum Gasteiger partial charge on any atom is 0.180 e. The van der Waals surface area contributed by atoms with Crippen LogP contribution in [0.1, 0.15) is 5.56 Å². The van der Waals surface area contributed by atoms with E-state index >= 15 is 0 Å². The molecule has 0 saturated heterocycles. The summed E-state index contributed by atoms with van der Waals surface area (Å²) in [5.74, 6) is 1.31. The molecule has 158 valence electrons. The molecule has 4 rings (SSSR count). The highest BCUT2D eigenvalue weighted by molar-refractivity contribution is 7.80. The summed E-state index contributed by atoms with van der Waals surface area (Å²) >= 11 is 17.2. The molecular formula is C21H18Cl2N6OS. The molecule has 0 aliphatic carbocycles. The normalized spacial score (nSPS) is 10.6. The van der Waals surface area contributed by atoms with E-state index in [4.69, 9.17) is 40.2 Å². The van der Waals surface area contributed by atoms with Crippen LogP contribution in [0.2, 0.25) is 10.0 Å². The van der Waals surface area contributed by atoms with E-state index < -0.39 is 0 Å². The Balaban J connectivity index is 1.27. The zero-order valence-corrected chi connectivity index (χ0v) is 18.5. The van der Waals surface area contributed by atoms with E-state index in [1.165, 1.54) is 0 Å². The smallest absolute Gasteiger partial charge is 0.180 e. The Morgan fingerprint density at radius 3 is 2.65 bits per heavy atom. The quantitative estimate of drug-likeness (QED) is 0.356. The van der Waals surface area contributed by atoms with Gasteiger partial charge in [-0.2, -0.15) is 10.2 Å². The number of anilines is 2. The molecule has 10 heteroatoms. The van der Waals surface area contributed by atoms with Crippen molar-refractivity contribution < 1.29 is 4.74 Å². The van der Waals surface area contributed by atoms with E-state index in [1.54, 1.807) is 29.2 Å². The van der Waals surface area contributed by atoms with Gasteiger partial charge in [-0.25, -0.2) is 4.68 Å². The Labute approximate surface area is 194 Å².